The number of amides is 1. The molecular formula is C20H22N4O3. The van der Waals surface area contributed by atoms with E-state index in [1.165, 1.54) is 0 Å². The summed E-state index contributed by atoms with van der Waals surface area (Å²) in [6, 6.07) is 5.72. The van der Waals surface area contributed by atoms with Crippen LogP contribution in [-0.2, 0) is 6.42 Å². The summed E-state index contributed by atoms with van der Waals surface area (Å²) in [5.41, 5.74) is 10.6. The Kier molecular flexibility index (Phi) is 4.53. The van der Waals surface area contributed by atoms with Crippen LogP contribution in [0.5, 0.6) is 5.88 Å². The third-order valence-electron chi connectivity index (χ3n) is 5.28. The largest absolute Gasteiger partial charge is 0.481 e. The van der Waals surface area contributed by atoms with Gasteiger partial charge in [-0.15, -0.1) is 0 Å². The molecule has 2 aliphatic rings. The van der Waals surface area contributed by atoms with E-state index >= 15 is 0 Å². The molecule has 0 unspecified atom stereocenters. The number of nitrogens with two attached hydrogens (primary N) is 1. The normalized spacial score (nSPS) is 18.0. The molecule has 3 N–H and O–H groups in total. The number of fused-ring (bicyclic) bond motifs is 1. The highest BCUT2D eigenvalue weighted by molar-refractivity contribution is 6.06. The molecule has 4 rings (SSSR count). The first kappa shape index (κ1) is 17.5. The molecule has 0 bridgehead atoms. The molecule has 0 saturated carbocycles. The van der Waals surface area contributed by atoms with E-state index in [-0.39, 0.29) is 12.5 Å². The Morgan fingerprint density at radius 1 is 1.44 bits per heavy atom. The number of rotatable bonds is 5. The second-order valence-electron chi connectivity index (χ2n) is 6.90. The molecule has 0 aliphatic carbocycles. The van der Waals surface area contributed by atoms with Gasteiger partial charge in [-0.1, -0.05) is 0 Å². The maximum atomic E-state index is 12.3. The van der Waals surface area contributed by atoms with Gasteiger partial charge in [-0.3, -0.25) is 9.79 Å². The van der Waals surface area contributed by atoms with Crippen LogP contribution < -0.4 is 15.4 Å². The zero-order chi connectivity index (χ0) is 19.0. The van der Waals surface area contributed by atoms with Crippen molar-refractivity contribution in [2.75, 3.05) is 31.7 Å². The summed E-state index contributed by atoms with van der Waals surface area (Å²) in [5.74, 6) is 0.304. The van der Waals surface area contributed by atoms with E-state index in [0.717, 1.165) is 41.0 Å². The van der Waals surface area contributed by atoms with Gasteiger partial charge in [0.2, 0.25) is 5.88 Å². The second kappa shape index (κ2) is 7.00. The lowest BCUT2D eigenvalue weighted by Crippen LogP contribution is -2.26. The highest BCUT2D eigenvalue weighted by Gasteiger charge is 2.30. The predicted octanol–water partition coefficient (Wildman–Crippen LogP) is 1.93. The first-order valence-electron chi connectivity index (χ1n) is 9.00. The number of aliphatic hydroxyl groups is 1. The molecule has 1 atom stereocenters. The average molecular weight is 366 g/mol. The van der Waals surface area contributed by atoms with Crippen molar-refractivity contribution >= 4 is 23.5 Å². The number of primary amides is 1. The van der Waals surface area contributed by atoms with Gasteiger partial charge in [0.15, 0.2) is 0 Å². The lowest BCUT2D eigenvalue weighted by atomic mass is 9.94. The van der Waals surface area contributed by atoms with Gasteiger partial charge in [0.05, 0.1) is 24.0 Å². The fraction of sp³-hybridized carbons (Fsp3) is 0.350. The highest BCUT2D eigenvalue weighted by Crippen LogP contribution is 2.43. The number of aliphatic hydroxyl groups excluding tert-OH is 1. The van der Waals surface area contributed by atoms with Crippen molar-refractivity contribution in [3.63, 3.8) is 0 Å². The van der Waals surface area contributed by atoms with Gasteiger partial charge in [-0.25, -0.2) is 4.98 Å². The quantitative estimate of drug-likeness (QED) is 0.842. The van der Waals surface area contributed by atoms with Crippen molar-refractivity contribution in [3.05, 3.63) is 35.5 Å². The van der Waals surface area contributed by atoms with Crippen LogP contribution in [0.15, 0.2) is 29.4 Å². The molecule has 7 nitrogen and oxygen atoms in total. The van der Waals surface area contributed by atoms with Gasteiger partial charge in [0.25, 0.3) is 5.91 Å². The topological polar surface area (TPSA) is 101 Å². The van der Waals surface area contributed by atoms with Gasteiger partial charge < -0.3 is 20.5 Å². The summed E-state index contributed by atoms with van der Waals surface area (Å²) in [7, 11) is 1.58. The lowest BCUT2D eigenvalue weighted by molar-refractivity contribution is 0.1000. The molecular weight excluding hydrogens is 344 g/mol. The molecule has 0 spiro atoms. The monoisotopic (exact) mass is 366 g/mol. The SMILES string of the molecule is COc1ccc(-c2cc(N3CC[C@H](CO)C3)c(C(N)=O)c3c2N=CC3)cn1. The van der Waals surface area contributed by atoms with Crippen molar-refractivity contribution in [1.29, 1.82) is 0 Å². The van der Waals surface area contributed by atoms with Crippen LogP contribution in [0.1, 0.15) is 22.3 Å². The fourth-order valence-electron chi connectivity index (χ4n) is 3.89. The molecule has 1 amide bonds. The number of ether oxygens (including phenoxy) is 1. The van der Waals surface area contributed by atoms with Crippen molar-refractivity contribution < 1.29 is 14.6 Å². The van der Waals surface area contributed by atoms with Crippen LogP contribution in [0.4, 0.5) is 11.4 Å². The molecule has 2 aromatic rings. The molecule has 140 valence electrons. The fourth-order valence-corrected chi connectivity index (χ4v) is 3.89. The van der Waals surface area contributed by atoms with Crippen LogP contribution in [0, 0.1) is 5.92 Å². The smallest absolute Gasteiger partial charge is 0.251 e. The second-order valence-corrected chi connectivity index (χ2v) is 6.90. The van der Waals surface area contributed by atoms with Crippen molar-refractivity contribution in [3.8, 4) is 17.0 Å². The number of carbonyl (C=O) groups excluding carboxylic acids is 1. The van der Waals surface area contributed by atoms with Crippen LogP contribution in [-0.4, -0.2) is 49.0 Å². The number of benzene rings is 1. The predicted molar refractivity (Wildman–Crippen MR) is 104 cm³/mol. The van der Waals surface area contributed by atoms with E-state index in [9.17, 15) is 9.90 Å². The molecule has 3 heterocycles. The van der Waals surface area contributed by atoms with E-state index in [4.69, 9.17) is 10.5 Å². The number of aliphatic imine (C=N–C) groups is 1. The molecule has 0 radical (unpaired) electrons. The first-order valence-corrected chi connectivity index (χ1v) is 9.00. The van der Waals surface area contributed by atoms with Crippen molar-refractivity contribution in [2.45, 2.75) is 12.8 Å². The molecule has 2 aliphatic heterocycles. The van der Waals surface area contributed by atoms with Gasteiger partial charge in [-0.2, -0.15) is 0 Å². The molecule has 1 aromatic heterocycles. The molecule has 1 aromatic carbocycles. The minimum atomic E-state index is -0.446. The summed E-state index contributed by atoms with van der Waals surface area (Å²) in [6.07, 6.45) is 5.02. The van der Waals surface area contributed by atoms with Gasteiger partial charge in [0.1, 0.15) is 0 Å². The Bertz CT molecular complexity index is 908. The van der Waals surface area contributed by atoms with E-state index in [0.29, 0.717) is 24.4 Å². The van der Waals surface area contributed by atoms with Crippen molar-refractivity contribution in [2.24, 2.45) is 16.6 Å². The number of pyridine rings is 1. The maximum absolute atomic E-state index is 12.3. The van der Waals surface area contributed by atoms with Crippen LogP contribution in [0.2, 0.25) is 0 Å². The molecule has 7 heteroatoms. The zero-order valence-electron chi connectivity index (χ0n) is 15.2. The van der Waals surface area contributed by atoms with E-state index < -0.39 is 5.91 Å². The van der Waals surface area contributed by atoms with Gasteiger partial charge >= 0.3 is 0 Å². The highest BCUT2D eigenvalue weighted by atomic mass is 16.5. The summed E-state index contributed by atoms with van der Waals surface area (Å²) >= 11 is 0. The zero-order valence-corrected chi connectivity index (χ0v) is 15.2. The number of methoxy groups -OCH3 is 1. The Morgan fingerprint density at radius 3 is 2.93 bits per heavy atom. The average Bonchev–Trinajstić information content (AvgIpc) is 3.36. The molecule has 1 fully saturated rings. The molecule has 27 heavy (non-hydrogen) atoms. The number of nitrogens with zero attached hydrogens (tertiary/aromatic N) is 3. The van der Waals surface area contributed by atoms with Gasteiger partial charge in [-0.05, 0) is 24.1 Å². The standard InChI is InChI=1S/C20H22N4O3/c1-27-17-3-2-13(9-23-17)15-8-16(24-7-5-12(10-24)11-25)18(20(21)26)14-4-6-22-19(14)15/h2-3,6,8-9,12,25H,4-5,7,10-11H2,1H3,(H2,21,26)/t12-/m0/s1. The third kappa shape index (κ3) is 3.04. The van der Waals surface area contributed by atoms with E-state index in [1.54, 1.807) is 19.4 Å². The Labute approximate surface area is 157 Å². The summed E-state index contributed by atoms with van der Waals surface area (Å²) < 4.78 is 5.14. The maximum Gasteiger partial charge on any atom is 0.251 e. The summed E-state index contributed by atoms with van der Waals surface area (Å²) in [6.45, 7) is 1.63. The Balaban J connectivity index is 1.86. The summed E-state index contributed by atoms with van der Waals surface area (Å²) in [4.78, 5) is 23.2. The Morgan fingerprint density at radius 2 is 2.30 bits per heavy atom. The number of carbonyl (C=O) groups is 1. The minimum absolute atomic E-state index is 0.145. The van der Waals surface area contributed by atoms with E-state index in [1.807, 2.05) is 18.3 Å². The number of hydrogen-bond acceptors (Lipinski definition) is 6. The Hall–Kier alpha value is -2.93. The van der Waals surface area contributed by atoms with Crippen LogP contribution >= 0.6 is 0 Å². The lowest BCUT2D eigenvalue weighted by Gasteiger charge is -2.24. The third-order valence-corrected chi connectivity index (χ3v) is 5.28. The van der Waals surface area contributed by atoms with Crippen LogP contribution in [0.25, 0.3) is 11.1 Å². The van der Waals surface area contributed by atoms with E-state index in [2.05, 4.69) is 14.9 Å². The minimum Gasteiger partial charge on any atom is -0.481 e. The van der Waals surface area contributed by atoms with Crippen LogP contribution in [0.3, 0.4) is 0 Å². The summed E-state index contributed by atoms with van der Waals surface area (Å²) in [5, 5.41) is 9.49. The number of anilines is 1. The molecule has 1 saturated heterocycles. The van der Waals surface area contributed by atoms with Gasteiger partial charge in [0, 0.05) is 61.6 Å². The van der Waals surface area contributed by atoms with Crippen molar-refractivity contribution in [1.82, 2.24) is 4.98 Å². The first-order chi connectivity index (χ1) is 13.1. The number of aromatic nitrogens is 1. The number of hydrogen-bond donors (Lipinski definition) is 2.